The number of hydrogen-bond acceptors (Lipinski definition) is 3. The van der Waals surface area contributed by atoms with Gasteiger partial charge in [-0.2, -0.15) is 0 Å². The molecule has 2 unspecified atom stereocenters. The van der Waals surface area contributed by atoms with Crippen LogP contribution in [0.25, 0.3) is 0 Å². The number of carbonyl (C=O) groups excluding carboxylic acids is 1. The van der Waals surface area contributed by atoms with E-state index in [2.05, 4.69) is 45.3 Å². The van der Waals surface area contributed by atoms with E-state index in [0.717, 1.165) is 18.7 Å². The lowest BCUT2D eigenvalue weighted by molar-refractivity contribution is -0.917. The van der Waals surface area contributed by atoms with Gasteiger partial charge in [0.1, 0.15) is 12.3 Å². The average Bonchev–Trinajstić information content (AvgIpc) is 2.85. The van der Waals surface area contributed by atoms with Crippen LogP contribution in [0.5, 0.6) is 5.75 Å². The molecular formula is C31H48NO3+. The summed E-state index contributed by atoms with van der Waals surface area (Å²) in [6.07, 6.45) is 11.7. The van der Waals surface area contributed by atoms with Gasteiger partial charge in [-0.05, 0) is 37.5 Å². The first-order valence-corrected chi connectivity index (χ1v) is 13.7. The maximum Gasteiger partial charge on any atom is 0.367 e. The molecule has 0 amide bonds. The highest BCUT2D eigenvalue weighted by Gasteiger charge is 2.33. The molecule has 0 heterocycles. The van der Waals surface area contributed by atoms with Gasteiger partial charge in [0.15, 0.2) is 6.04 Å². The number of esters is 1. The second kappa shape index (κ2) is 15.6. The van der Waals surface area contributed by atoms with Crippen molar-refractivity contribution in [3.8, 4) is 5.75 Å². The SMILES string of the molecule is CCCCCCCCCCc1cccc(OC(CC)OC(=O)C(C)[N+](C)(C)Cc2ccccc2)c1. The van der Waals surface area contributed by atoms with Gasteiger partial charge in [0.05, 0.1) is 14.1 Å². The first kappa shape index (κ1) is 28.9. The molecule has 0 bridgehead atoms. The van der Waals surface area contributed by atoms with Crippen LogP contribution in [0, 0.1) is 0 Å². The number of likely N-dealkylation sites (N-methyl/N-ethyl adjacent to an activating group) is 1. The van der Waals surface area contributed by atoms with E-state index in [4.69, 9.17) is 9.47 Å². The fraction of sp³-hybridized carbons (Fsp3) is 0.581. The van der Waals surface area contributed by atoms with Gasteiger partial charge in [-0.25, -0.2) is 4.79 Å². The predicted molar refractivity (Wildman–Crippen MR) is 145 cm³/mol. The standard InChI is InChI=1S/C31H48NO3/c1-6-8-9-10-11-12-13-15-19-27-22-18-23-29(24-27)34-30(7-2)35-31(33)26(3)32(4,5)25-28-20-16-14-17-21-28/h14,16-18,20-24,26,30H,6-13,15,19,25H2,1-5H3/q+1. The zero-order valence-corrected chi connectivity index (χ0v) is 22.8. The highest BCUT2D eigenvalue weighted by atomic mass is 16.7. The molecule has 2 atom stereocenters. The van der Waals surface area contributed by atoms with E-state index in [9.17, 15) is 4.79 Å². The molecule has 0 N–H and O–H groups in total. The summed E-state index contributed by atoms with van der Waals surface area (Å²) in [7, 11) is 4.13. The number of carbonyl (C=O) groups is 1. The summed E-state index contributed by atoms with van der Waals surface area (Å²) in [6, 6.07) is 18.2. The van der Waals surface area contributed by atoms with Crippen molar-refractivity contribution < 1.29 is 18.8 Å². The molecule has 0 radical (unpaired) electrons. The minimum Gasteiger partial charge on any atom is -0.455 e. The Kier molecular flexibility index (Phi) is 12.9. The first-order chi connectivity index (χ1) is 16.9. The van der Waals surface area contributed by atoms with E-state index >= 15 is 0 Å². The van der Waals surface area contributed by atoms with Crippen molar-refractivity contribution >= 4 is 5.97 Å². The summed E-state index contributed by atoms with van der Waals surface area (Å²) in [4.78, 5) is 13.0. The number of aryl methyl sites for hydroxylation is 1. The smallest absolute Gasteiger partial charge is 0.367 e. The second-order valence-corrected chi connectivity index (χ2v) is 10.4. The molecule has 4 heteroatoms. The number of ether oxygens (including phenoxy) is 2. The summed E-state index contributed by atoms with van der Waals surface area (Å²) >= 11 is 0. The van der Waals surface area contributed by atoms with Crippen LogP contribution in [-0.4, -0.2) is 36.9 Å². The zero-order valence-electron chi connectivity index (χ0n) is 22.8. The van der Waals surface area contributed by atoms with Crippen molar-refractivity contribution in [2.24, 2.45) is 0 Å². The van der Waals surface area contributed by atoms with Gasteiger partial charge in [-0.15, -0.1) is 0 Å². The third kappa shape index (κ3) is 10.9. The number of unbranched alkanes of at least 4 members (excludes halogenated alkanes) is 7. The van der Waals surface area contributed by atoms with E-state index in [1.165, 1.54) is 62.5 Å². The lowest BCUT2D eigenvalue weighted by atomic mass is 10.0. The molecule has 0 spiro atoms. The Morgan fingerprint density at radius 3 is 2.11 bits per heavy atom. The molecule has 4 nitrogen and oxygen atoms in total. The predicted octanol–water partition coefficient (Wildman–Crippen LogP) is 7.69. The minimum absolute atomic E-state index is 0.229. The Bertz CT molecular complexity index is 849. The maximum atomic E-state index is 13.0. The van der Waals surface area contributed by atoms with Gasteiger partial charge in [0.2, 0.25) is 6.29 Å². The van der Waals surface area contributed by atoms with Gasteiger partial charge >= 0.3 is 5.97 Å². The largest absolute Gasteiger partial charge is 0.455 e. The van der Waals surface area contributed by atoms with E-state index in [0.29, 0.717) is 10.9 Å². The molecule has 0 saturated carbocycles. The highest BCUT2D eigenvalue weighted by molar-refractivity contribution is 5.74. The normalized spacial score (nSPS) is 13.3. The van der Waals surface area contributed by atoms with Crippen LogP contribution in [0.2, 0.25) is 0 Å². The number of quaternary nitrogens is 1. The summed E-state index contributed by atoms with van der Waals surface area (Å²) < 4.78 is 12.4. The van der Waals surface area contributed by atoms with Gasteiger partial charge in [-0.1, -0.05) is 101 Å². The monoisotopic (exact) mass is 482 g/mol. The summed E-state index contributed by atoms with van der Waals surface area (Å²) in [5, 5.41) is 0. The highest BCUT2D eigenvalue weighted by Crippen LogP contribution is 2.21. The molecule has 35 heavy (non-hydrogen) atoms. The van der Waals surface area contributed by atoms with Crippen LogP contribution < -0.4 is 4.74 Å². The number of nitrogens with zero attached hydrogens (tertiary/aromatic N) is 1. The Morgan fingerprint density at radius 1 is 0.829 bits per heavy atom. The molecular weight excluding hydrogens is 434 g/mol. The Morgan fingerprint density at radius 2 is 1.46 bits per heavy atom. The first-order valence-electron chi connectivity index (χ1n) is 13.7. The van der Waals surface area contributed by atoms with Crippen LogP contribution in [0.4, 0.5) is 0 Å². The molecule has 0 aliphatic carbocycles. The van der Waals surface area contributed by atoms with Crippen molar-refractivity contribution in [3.63, 3.8) is 0 Å². The molecule has 2 aromatic carbocycles. The van der Waals surface area contributed by atoms with Crippen molar-refractivity contribution in [2.45, 2.75) is 104 Å². The Balaban J connectivity index is 1.81. The maximum absolute atomic E-state index is 13.0. The van der Waals surface area contributed by atoms with E-state index < -0.39 is 6.29 Å². The van der Waals surface area contributed by atoms with Crippen LogP contribution in [-0.2, 0) is 22.5 Å². The minimum atomic E-state index is -0.583. The third-order valence-electron chi connectivity index (χ3n) is 6.89. The van der Waals surface area contributed by atoms with Crippen molar-refractivity contribution in [1.82, 2.24) is 0 Å². The summed E-state index contributed by atoms with van der Waals surface area (Å²) in [6.45, 7) is 6.94. The number of benzene rings is 2. The van der Waals surface area contributed by atoms with E-state index in [1.54, 1.807) is 0 Å². The van der Waals surface area contributed by atoms with Crippen LogP contribution in [0.1, 0.15) is 89.7 Å². The zero-order chi connectivity index (χ0) is 25.5. The second-order valence-electron chi connectivity index (χ2n) is 10.4. The van der Waals surface area contributed by atoms with Crippen LogP contribution >= 0.6 is 0 Å². The van der Waals surface area contributed by atoms with Crippen molar-refractivity contribution in [1.29, 1.82) is 0 Å². The summed E-state index contributed by atoms with van der Waals surface area (Å²) in [5.74, 6) is 0.542. The lowest BCUT2D eigenvalue weighted by Crippen LogP contribution is -2.52. The molecule has 194 valence electrons. The van der Waals surface area contributed by atoms with Gasteiger partial charge in [0, 0.05) is 12.0 Å². The van der Waals surface area contributed by atoms with Crippen molar-refractivity contribution in [2.75, 3.05) is 14.1 Å². The van der Waals surface area contributed by atoms with E-state index in [1.807, 2.05) is 44.2 Å². The van der Waals surface area contributed by atoms with Gasteiger partial charge in [-0.3, -0.25) is 0 Å². The average molecular weight is 483 g/mol. The molecule has 2 aromatic rings. The summed E-state index contributed by atoms with van der Waals surface area (Å²) in [5.41, 5.74) is 2.48. The fourth-order valence-electron chi connectivity index (χ4n) is 4.28. The van der Waals surface area contributed by atoms with Crippen LogP contribution in [0.3, 0.4) is 0 Å². The Labute approximate surface area is 214 Å². The Hall–Kier alpha value is -2.33. The number of hydrogen-bond donors (Lipinski definition) is 0. The molecule has 0 aromatic heterocycles. The van der Waals surface area contributed by atoms with E-state index in [-0.39, 0.29) is 12.0 Å². The lowest BCUT2D eigenvalue weighted by Gasteiger charge is -2.35. The fourth-order valence-corrected chi connectivity index (χ4v) is 4.28. The molecule has 0 aliphatic heterocycles. The quantitative estimate of drug-likeness (QED) is 0.100. The van der Waals surface area contributed by atoms with Gasteiger partial charge in [0.25, 0.3) is 0 Å². The molecule has 2 rings (SSSR count). The molecule has 0 aliphatic rings. The van der Waals surface area contributed by atoms with Crippen LogP contribution in [0.15, 0.2) is 54.6 Å². The molecule has 0 saturated heterocycles. The van der Waals surface area contributed by atoms with Crippen molar-refractivity contribution in [3.05, 3.63) is 65.7 Å². The third-order valence-corrected chi connectivity index (χ3v) is 6.89. The van der Waals surface area contributed by atoms with Gasteiger partial charge < -0.3 is 14.0 Å². The topological polar surface area (TPSA) is 35.5 Å². The number of rotatable bonds is 17. The molecule has 0 fully saturated rings.